The maximum atomic E-state index is 12.2. The number of nitrogens with one attached hydrogen (secondary N) is 1. The fourth-order valence-electron chi connectivity index (χ4n) is 1.88. The Morgan fingerprint density at radius 2 is 1.73 bits per heavy atom. The van der Waals surface area contributed by atoms with Crippen LogP contribution in [0.3, 0.4) is 0 Å². The van der Waals surface area contributed by atoms with E-state index in [-0.39, 0.29) is 6.61 Å². The number of carboxylic acids is 1. The smallest absolute Gasteiger partial charge is 0.340 e. The van der Waals surface area contributed by atoms with Gasteiger partial charge in [-0.15, -0.1) is 0 Å². The standard InChI is InChI=1S/C17H17NO4/c1-12(16(19)20)18-15-10-6-5-9-14(15)17(21)22-11-13-7-3-2-4-8-13/h2-10,12,18H,11H2,1H3,(H,19,20). The largest absolute Gasteiger partial charge is 0.480 e. The van der Waals surface area contributed by atoms with E-state index in [0.717, 1.165) is 5.56 Å². The monoisotopic (exact) mass is 299 g/mol. The van der Waals surface area contributed by atoms with Crippen molar-refractivity contribution in [3.63, 3.8) is 0 Å². The van der Waals surface area contributed by atoms with Gasteiger partial charge in [0.05, 0.1) is 5.56 Å². The zero-order chi connectivity index (χ0) is 15.9. The summed E-state index contributed by atoms with van der Waals surface area (Å²) in [5, 5.41) is 11.7. The summed E-state index contributed by atoms with van der Waals surface area (Å²) in [5.41, 5.74) is 1.64. The molecule has 0 aliphatic carbocycles. The maximum Gasteiger partial charge on any atom is 0.340 e. The second-order valence-electron chi connectivity index (χ2n) is 4.81. The SMILES string of the molecule is CC(Nc1ccccc1C(=O)OCc1ccccc1)C(=O)O. The van der Waals surface area contributed by atoms with Crippen LogP contribution in [0.2, 0.25) is 0 Å². The molecule has 2 N–H and O–H groups in total. The predicted molar refractivity (Wildman–Crippen MR) is 82.7 cm³/mol. The summed E-state index contributed by atoms with van der Waals surface area (Å²) in [5.74, 6) is -1.49. The third kappa shape index (κ3) is 4.09. The molecule has 0 aliphatic rings. The molecule has 1 atom stereocenters. The average Bonchev–Trinajstić information content (AvgIpc) is 2.54. The maximum absolute atomic E-state index is 12.2. The molecule has 0 bridgehead atoms. The van der Waals surface area contributed by atoms with Gasteiger partial charge in [0.25, 0.3) is 0 Å². The molecule has 1 unspecified atom stereocenters. The number of carbonyl (C=O) groups is 2. The molecule has 0 aromatic heterocycles. The van der Waals surface area contributed by atoms with Crippen molar-refractivity contribution >= 4 is 17.6 Å². The van der Waals surface area contributed by atoms with Gasteiger partial charge in [-0.3, -0.25) is 4.79 Å². The number of anilines is 1. The van der Waals surface area contributed by atoms with Crippen molar-refractivity contribution in [1.82, 2.24) is 0 Å². The van der Waals surface area contributed by atoms with Crippen LogP contribution in [0, 0.1) is 0 Å². The van der Waals surface area contributed by atoms with Crippen molar-refractivity contribution in [2.75, 3.05) is 5.32 Å². The van der Waals surface area contributed by atoms with E-state index in [0.29, 0.717) is 11.3 Å². The van der Waals surface area contributed by atoms with E-state index >= 15 is 0 Å². The minimum atomic E-state index is -0.993. The number of benzene rings is 2. The third-order valence-corrected chi connectivity index (χ3v) is 3.10. The summed E-state index contributed by atoms with van der Waals surface area (Å²) >= 11 is 0. The Morgan fingerprint density at radius 3 is 2.41 bits per heavy atom. The molecule has 0 aliphatic heterocycles. The second kappa shape index (κ2) is 7.26. The first kappa shape index (κ1) is 15.6. The van der Waals surface area contributed by atoms with Crippen LogP contribution < -0.4 is 5.32 Å². The molecule has 0 radical (unpaired) electrons. The van der Waals surface area contributed by atoms with E-state index in [1.807, 2.05) is 30.3 Å². The number of rotatable bonds is 6. The fourth-order valence-corrected chi connectivity index (χ4v) is 1.88. The normalized spacial score (nSPS) is 11.5. The van der Waals surface area contributed by atoms with Gasteiger partial charge in [0.1, 0.15) is 12.6 Å². The Hall–Kier alpha value is -2.82. The number of esters is 1. The van der Waals surface area contributed by atoms with E-state index in [1.165, 1.54) is 6.92 Å². The summed E-state index contributed by atoms with van der Waals surface area (Å²) < 4.78 is 5.27. The molecule has 0 saturated carbocycles. The van der Waals surface area contributed by atoms with Crippen molar-refractivity contribution in [2.45, 2.75) is 19.6 Å². The Morgan fingerprint density at radius 1 is 1.09 bits per heavy atom. The van der Waals surface area contributed by atoms with Gasteiger partial charge in [-0.2, -0.15) is 0 Å². The molecule has 2 aromatic rings. The molecule has 0 spiro atoms. The van der Waals surface area contributed by atoms with Crippen molar-refractivity contribution in [3.8, 4) is 0 Å². The molecule has 0 amide bonds. The summed E-state index contributed by atoms with van der Waals surface area (Å²) in [4.78, 5) is 23.1. The topological polar surface area (TPSA) is 75.6 Å². The molecule has 0 fully saturated rings. The minimum absolute atomic E-state index is 0.169. The van der Waals surface area contributed by atoms with Gasteiger partial charge in [0.2, 0.25) is 0 Å². The number of carboxylic acid groups (broad SMARTS) is 1. The van der Waals surface area contributed by atoms with Crippen molar-refractivity contribution in [2.24, 2.45) is 0 Å². The van der Waals surface area contributed by atoms with Crippen LogP contribution in [0.4, 0.5) is 5.69 Å². The lowest BCUT2D eigenvalue weighted by Crippen LogP contribution is -2.26. The Labute approximate surface area is 128 Å². The lowest BCUT2D eigenvalue weighted by molar-refractivity contribution is -0.137. The summed E-state index contributed by atoms with van der Waals surface area (Å²) in [6.45, 7) is 1.68. The molecule has 5 nitrogen and oxygen atoms in total. The lowest BCUT2D eigenvalue weighted by atomic mass is 10.1. The Kier molecular flexibility index (Phi) is 5.14. The second-order valence-corrected chi connectivity index (χ2v) is 4.81. The van der Waals surface area contributed by atoms with Gasteiger partial charge in [-0.05, 0) is 24.6 Å². The fraction of sp³-hybridized carbons (Fsp3) is 0.176. The summed E-state index contributed by atoms with van der Waals surface area (Å²) in [6, 6.07) is 15.2. The first-order valence-electron chi connectivity index (χ1n) is 6.87. The molecule has 0 saturated heterocycles. The minimum Gasteiger partial charge on any atom is -0.480 e. The highest BCUT2D eigenvalue weighted by molar-refractivity contribution is 5.96. The third-order valence-electron chi connectivity index (χ3n) is 3.10. The molecule has 114 valence electrons. The van der Waals surface area contributed by atoms with Gasteiger partial charge in [0.15, 0.2) is 0 Å². The Bertz CT molecular complexity index is 655. The predicted octanol–water partition coefficient (Wildman–Crippen LogP) is 2.93. The van der Waals surface area contributed by atoms with Gasteiger partial charge in [0, 0.05) is 5.69 Å². The number of ether oxygens (including phenoxy) is 1. The number of hydrogen-bond donors (Lipinski definition) is 2. The summed E-state index contributed by atoms with van der Waals surface area (Å²) in [6.07, 6.45) is 0. The summed E-state index contributed by atoms with van der Waals surface area (Å²) in [7, 11) is 0. The van der Waals surface area contributed by atoms with Crippen LogP contribution >= 0.6 is 0 Å². The molecular weight excluding hydrogens is 282 g/mol. The highest BCUT2D eigenvalue weighted by Gasteiger charge is 2.16. The zero-order valence-electron chi connectivity index (χ0n) is 12.2. The molecular formula is C17H17NO4. The molecule has 2 aromatic carbocycles. The van der Waals surface area contributed by atoms with E-state index in [2.05, 4.69) is 5.32 Å². The highest BCUT2D eigenvalue weighted by Crippen LogP contribution is 2.18. The average molecular weight is 299 g/mol. The number of carbonyl (C=O) groups excluding carboxylic acids is 1. The molecule has 5 heteroatoms. The van der Waals surface area contributed by atoms with Crippen molar-refractivity contribution < 1.29 is 19.4 Å². The molecule has 2 rings (SSSR count). The van der Waals surface area contributed by atoms with Crippen LogP contribution in [0.15, 0.2) is 54.6 Å². The van der Waals surface area contributed by atoms with Crippen LogP contribution in [0.5, 0.6) is 0 Å². The first-order valence-corrected chi connectivity index (χ1v) is 6.87. The lowest BCUT2D eigenvalue weighted by Gasteiger charge is -2.14. The van der Waals surface area contributed by atoms with Crippen LogP contribution in [0.25, 0.3) is 0 Å². The van der Waals surface area contributed by atoms with Crippen LogP contribution in [0.1, 0.15) is 22.8 Å². The van der Waals surface area contributed by atoms with Gasteiger partial charge in [-0.1, -0.05) is 42.5 Å². The Balaban J connectivity index is 2.07. The van der Waals surface area contributed by atoms with Gasteiger partial charge in [-0.25, -0.2) is 4.79 Å². The number of aliphatic carboxylic acids is 1. The van der Waals surface area contributed by atoms with Gasteiger partial charge < -0.3 is 15.2 Å². The number of para-hydroxylation sites is 1. The van der Waals surface area contributed by atoms with Crippen LogP contribution in [-0.4, -0.2) is 23.1 Å². The van der Waals surface area contributed by atoms with Crippen molar-refractivity contribution in [3.05, 3.63) is 65.7 Å². The van der Waals surface area contributed by atoms with Crippen molar-refractivity contribution in [1.29, 1.82) is 0 Å². The van der Waals surface area contributed by atoms with E-state index in [4.69, 9.17) is 9.84 Å². The van der Waals surface area contributed by atoms with Crippen LogP contribution in [-0.2, 0) is 16.1 Å². The molecule has 22 heavy (non-hydrogen) atoms. The number of hydrogen-bond acceptors (Lipinski definition) is 4. The van der Waals surface area contributed by atoms with E-state index in [1.54, 1.807) is 24.3 Å². The first-order chi connectivity index (χ1) is 10.6. The quantitative estimate of drug-likeness (QED) is 0.802. The zero-order valence-corrected chi connectivity index (χ0v) is 12.2. The van der Waals surface area contributed by atoms with E-state index < -0.39 is 18.0 Å². The van der Waals surface area contributed by atoms with Gasteiger partial charge >= 0.3 is 11.9 Å². The van der Waals surface area contributed by atoms with E-state index in [9.17, 15) is 9.59 Å². The highest BCUT2D eigenvalue weighted by atomic mass is 16.5. The molecule has 0 heterocycles.